The van der Waals surface area contributed by atoms with Crippen molar-refractivity contribution in [1.82, 2.24) is 14.7 Å². The molecular weight excluding hydrogens is 436 g/mol. The molecule has 1 heterocycles. The zero-order valence-corrected chi connectivity index (χ0v) is 20.4. The van der Waals surface area contributed by atoms with E-state index in [1.807, 2.05) is 36.4 Å². The number of unbranched alkanes of at least 4 members (excludes halogenated alkanes) is 1. The van der Waals surface area contributed by atoms with Crippen LogP contribution in [0.25, 0.3) is 5.69 Å². The Bertz CT molecular complexity index is 1090. The van der Waals surface area contributed by atoms with Crippen molar-refractivity contribution in [1.29, 1.82) is 0 Å². The topological polar surface area (TPSA) is 67.2 Å². The number of halogens is 1. The molecule has 0 radical (unpaired) electrons. The van der Waals surface area contributed by atoms with Crippen molar-refractivity contribution >= 4 is 29.2 Å². The van der Waals surface area contributed by atoms with Gasteiger partial charge in [-0.15, -0.1) is 0 Å². The Labute approximate surface area is 200 Å². The Hall–Kier alpha value is -3.12. The fraction of sp³-hybridized carbons (Fsp3) is 0.346. The lowest BCUT2D eigenvalue weighted by Crippen LogP contribution is -2.38. The molecule has 0 aliphatic rings. The van der Waals surface area contributed by atoms with E-state index in [2.05, 4.69) is 33.0 Å². The van der Waals surface area contributed by atoms with Gasteiger partial charge in [-0.2, -0.15) is 5.10 Å². The second-order valence-electron chi connectivity index (χ2n) is 9.05. The van der Waals surface area contributed by atoms with Gasteiger partial charge in [-0.25, -0.2) is 4.68 Å². The summed E-state index contributed by atoms with van der Waals surface area (Å²) in [7, 11) is 0. The summed E-state index contributed by atoms with van der Waals surface area (Å²) in [6.45, 7) is 8.74. The minimum Gasteiger partial charge on any atom is -0.329 e. The first-order valence-corrected chi connectivity index (χ1v) is 11.6. The zero-order chi connectivity index (χ0) is 24.0. The van der Waals surface area contributed by atoms with Crippen molar-refractivity contribution in [2.75, 3.05) is 18.4 Å². The van der Waals surface area contributed by atoms with Gasteiger partial charge in [0.2, 0.25) is 5.91 Å². The third-order valence-electron chi connectivity index (χ3n) is 5.24. The molecule has 33 heavy (non-hydrogen) atoms. The van der Waals surface area contributed by atoms with Gasteiger partial charge < -0.3 is 10.2 Å². The number of carbonyl (C=O) groups excluding carboxylic acids is 2. The Morgan fingerprint density at radius 1 is 1.06 bits per heavy atom. The van der Waals surface area contributed by atoms with Crippen LogP contribution in [0.3, 0.4) is 0 Å². The Morgan fingerprint density at radius 2 is 1.73 bits per heavy atom. The average molecular weight is 467 g/mol. The molecule has 0 fully saturated rings. The largest absolute Gasteiger partial charge is 0.329 e. The molecule has 2 aromatic carbocycles. The molecule has 3 aromatic rings. The minimum atomic E-state index is -0.272. The van der Waals surface area contributed by atoms with Crippen LogP contribution in [0.15, 0.2) is 60.7 Å². The Balaban J connectivity index is 1.84. The summed E-state index contributed by atoms with van der Waals surface area (Å²) in [6, 6.07) is 18.2. The van der Waals surface area contributed by atoms with Gasteiger partial charge in [-0.1, -0.05) is 63.9 Å². The van der Waals surface area contributed by atoms with Crippen LogP contribution in [-0.2, 0) is 10.2 Å². The van der Waals surface area contributed by atoms with Gasteiger partial charge in [0.05, 0.1) is 11.4 Å². The molecule has 0 saturated carbocycles. The third kappa shape index (κ3) is 6.45. The van der Waals surface area contributed by atoms with Crippen LogP contribution in [0.5, 0.6) is 0 Å². The minimum absolute atomic E-state index is 0.0373. The van der Waals surface area contributed by atoms with E-state index in [-0.39, 0.29) is 23.8 Å². The van der Waals surface area contributed by atoms with Crippen LogP contribution in [0, 0.1) is 0 Å². The van der Waals surface area contributed by atoms with Crippen LogP contribution >= 0.6 is 11.6 Å². The van der Waals surface area contributed by atoms with E-state index in [0.717, 1.165) is 24.2 Å². The molecule has 1 aromatic heterocycles. The quantitative estimate of drug-likeness (QED) is 0.462. The number of carbonyl (C=O) groups is 2. The lowest BCUT2D eigenvalue weighted by Gasteiger charge is -2.22. The SMILES string of the molecule is CCCCN(CC(=O)Nc1cc(C(C)(C)C)nn1-c1ccc(Cl)cc1)C(=O)c1ccccc1. The highest BCUT2D eigenvalue weighted by Crippen LogP contribution is 2.27. The molecule has 0 spiro atoms. The summed E-state index contributed by atoms with van der Waals surface area (Å²) in [4.78, 5) is 27.7. The standard InChI is InChI=1S/C26H31ClN4O2/c1-5-6-16-30(25(33)19-10-8-7-9-11-19)18-24(32)28-23-17-22(26(2,3)4)29-31(23)21-14-12-20(27)13-15-21/h7-15,17H,5-6,16,18H2,1-4H3,(H,28,32). The number of amides is 2. The van der Waals surface area contributed by atoms with Gasteiger partial charge in [0.25, 0.3) is 5.91 Å². The molecule has 0 unspecified atom stereocenters. The molecule has 174 valence electrons. The summed E-state index contributed by atoms with van der Waals surface area (Å²) < 4.78 is 1.70. The molecule has 7 heteroatoms. The summed E-state index contributed by atoms with van der Waals surface area (Å²) in [5, 5.41) is 8.31. The van der Waals surface area contributed by atoms with Crippen molar-refractivity contribution < 1.29 is 9.59 Å². The number of hydrogen-bond acceptors (Lipinski definition) is 3. The van der Waals surface area contributed by atoms with Gasteiger partial charge >= 0.3 is 0 Å². The Kier molecular flexibility index (Phi) is 7.92. The van der Waals surface area contributed by atoms with E-state index in [9.17, 15) is 9.59 Å². The number of anilines is 1. The number of nitrogens with zero attached hydrogens (tertiary/aromatic N) is 3. The normalized spacial score (nSPS) is 11.3. The fourth-order valence-corrected chi connectivity index (χ4v) is 3.46. The monoisotopic (exact) mass is 466 g/mol. The van der Waals surface area contributed by atoms with E-state index in [1.165, 1.54) is 0 Å². The molecule has 0 aliphatic carbocycles. The molecule has 0 bridgehead atoms. The molecular formula is C26H31ClN4O2. The lowest BCUT2D eigenvalue weighted by molar-refractivity contribution is -0.116. The molecule has 3 rings (SSSR count). The predicted molar refractivity (Wildman–Crippen MR) is 133 cm³/mol. The second kappa shape index (κ2) is 10.7. The van der Waals surface area contributed by atoms with Crippen LogP contribution in [0.1, 0.15) is 56.6 Å². The first kappa shape index (κ1) is 24.5. The number of rotatable bonds is 8. The van der Waals surface area contributed by atoms with Gasteiger partial charge in [-0.05, 0) is 42.8 Å². The zero-order valence-electron chi connectivity index (χ0n) is 19.6. The maximum absolute atomic E-state index is 13.1. The first-order valence-electron chi connectivity index (χ1n) is 11.2. The highest BCUT2D eigenvalue weighted by atomic mass is 35.5. The lowest BCUT2D eigenvalue weighted by atomic mass is 9.92. The first-order chi connectivity index (χ1) is 15.7. The molecule has 0 saturated heterocycles. The number of nitrogens with one attached hydrogen (secondary N) is 1. The van der Waals surface area contributed by atoms with E-state index < -0.39 is 0 Å². The van der Waals surface area contributed by atoms with Gasteiger partial charge in [0.1, 0.15) is 12.4 Å². The summed E-state index contributed by atoms with van der Waals surface area (Å²) in [5.41, 5.74) is 2.00. The highest BCUT2D eigenvalue weighted by molar-refractivity contribution is 6.30. The summed E-state index contributed by atoms with van der Waals surface area (Å²) >= 11 is 6.04. The fourth-order valence-electron chi connectivity index (χ4n) is 3.34. The maximum atomic E-state index is 13.1. The highest BCUT2D eigenvalue weighted by Gasteiger charge is 2.23. The van der Waals surface area contributed by atoms with Crippen LogP contribution in [-0.4, -0.2) is 39.6 Å². The smallest absolute Gasteiger partial charge is 0.254 e. The average Bonchev–Trinajstić information content (AvgIpc) is 3.21. The van der Waals surface area contributed by atoms with Gasteiger partial charge in [0, 0.05) is 28.6 Å². The number of benzene rings is 2. The van der Waals surface area contributed by atoms with Crippen LogP contribution < -0.4 is 5.32 Å². The number of hydrogen-bond donors (Lipinski definition) is 1. The molecule has 0 atom stereocenters. The van der Waals surface area contributed by atoms with Gasteiger partial charge in [-0.3, -0.25) is 9.59 Å². The second-order valence-corrected chi connectivity index (χ2v) is 9.48. The van der Waals surface area contributed by atoms with Crippen molar-refractivity contribution in [3.63, 3.8) is 0 Å². The molecule has 2 amide bonds. The van der Waals surface area contributed by atoms with E-state index >= 15 is 0 Å². The van der Waals surface area contributed by atoms with Gasteiger partial charge in [0.15, 0.2) is 0 Å². The summed E-state index contributed by atoms with van der Waals surface area (Å²) in [6.07, 6.45) is 1.75. The van der Waals surface area contributed by atoms with Crippen molar-refractivity contribution in [3.8, 4) is 5.69 Å². The van der Waals surface area contributed by atoms with E-state index in [1.54, 1.807) is 33.8 Å². The van der Waals surface area contributed by atoms with Crippen LogP contribution in [0.2, 0.25) is 5.02 Å². The summed E-state index contributed by atoms with van der Waals surface area (Å²) in [5.74, 6) is 0.126. The van der Waals surface area contributed by atoms with E-state index in [0.29, 0.717) is 22.9 Å². The van der Waals surface area contributed by atoms with Crippen molar-refractivity contribution in [3.05, 3.63) is 76.9 Å². The van der Waals surface area contributed by atoms with E-state index in [4.69, 9.17) is 16.7 Å². The van der Waals surface area contributed by atoms with Crippen molar-refractivity contribution in [2.45, 2.75) is 46.0 Å². The molecule has 1 N–H and O–H groups in total. The van der Waals surface area contributed by atoms with Crippen LogP contribution in [0.4, 0.5) is 5.82 Å². The Morgan fingerprint density at radius 3 is 2.33 bits per heavy atom. The van der Waals surface area contributed by atoms with Crippen molar-refractivity contribution in [2.24, 2.45) is 0 Å². The number of aromatic nitrogens is 2. The predicted octanol–water partition coefficient (Wildman–Crippen LogP) is 5.70. The maximum Gasteiger partial charge on any atom is 0.254 e. The molecule has 6 nitrogen and oxygen atoms in total. The third-order valence-corrected chi connectivity index (χ3v) is 5.49. The molecule has 0 aliphatic heterocycles.